The van der Waals surface area contributed by atoms with E-state index in [1.807, 2.05) is 13.8 Å². The number of oxazole rings is 1. The first-order chi connectivity index (χ1) is 9.42. The Labute approximate surface area is 145 Å². The number of halogens is 1. The minimum absolute atomic E-state index is 0. The molecular weight excluding hydrogens is 379 g/mol. The summed E-state index contributed by atoms with van der Waals surface area (Å²) < 4.78 is 5.54. The van der Waals surface area contributed by atoms with Crippen LogP contribution in [0.2, 0.25) is 0 Å². The quantitative estimate of drug-likeness (QED) is 0.430. The van der Waals surface area contributed by atoms with Crippen LogP contribution in [0.1, 0.15) is 51.0 Å². The average Bonchev–Trinajstić information content (AvgIpc) is 2.71. The van der Waals surface area contributed by atoms with Crippen molar-refractivity contribution in [2.45, 2.75) is 60.0 Å². The monoisotopic (exact) mass is 408 g/mol. The number of aryl methyl sites for hydroxylation is 2. The van der Waals surface area contributed by atoms with Crippen molar-refractivity contribution in [3.8, 4) is 0 Å². The van der Waals surface area contributed by atoms with Crippen LogP contribution in [0.4, 0.5) is 0 Å². The third-order valence-corrected chi connectivity index (χ3v) is 3.26. The number of aliphatic imine (C=N–C) groups is 1. The van der Waals surface area contributed by atoms with Gasteiger partial charge in [0, 0.05) is 13.1 Å². The van der Waals surface area contributed by atoms with Gasteiger partial charge < -0.3 is 15.1 Å². The normalized spacial score (nSPS) is 13.0. The lowest BCUT2D eigenvalue weighted by Gasteiger charge is -2.18. The van der Waals surface area contributed by atoms with Crippen molar-refractivity contribution in [2.24, 2.45) is 10.9 Å². The molecule has 0 aromatic carbocycles. The van der Waals surface area contributed by atoms with Gasteiger partial charge in [0.25, 0.3) is 0 Å². The fraction of sp³-hybridized carbons (Fsp3) is 0.733. The Balaban J connectivity index is 0.00000400. The number of rotatable bonds is 6. The number of hydrogen-bond donors (Lipinski definition) is 2. The molecule has 2 N–H and O–H groups in total. The molecular formula is C15H29IN4O. The molecule has 0 amide bonds. The Morgan fingerprint density at radius 1 is 1.24 bits per heavy atom. The molecule has 1 rings (SSSR count). The maximum Gasteiger partial charge on any atom is 0.214 e. The van der Waals surface area contributed by atoms with Gasteiger partial charge in [-0.15, -0.1) is 24.0 Å². The third kappa shape index (κ3) is 7.68. The van der Waals surface area contributed by atoms with Gasteiger partial charge in [-0.2, -0.15) is 0 Å². The fourth-order valence-corrected chi connectivity index (χ4v) is 1.86. The van der Waals surface area contributed by atoms with Crippen molar-refractivity contribution in [3.05, 3.63) is 17.3 Å². The topological polar surface area (TPSA) is 62.5 Å². The molecule has 0 bridgehead atoms. The first kappa shape index (κ1) is 20.2. The Bertz CT molecular complexity index is 423. The van der Waals surface area contributed by atoms with Crippen LogP contribution in [0.25, 0.3) is 0 Å². The van der Waals surface area contributed by atoms with Crippen molar-refractivity contribution in [2.75, 3.05) is 7.05 Å². The van der Waals surface area contributed by atoms with Gasteiger partial charge in [0.15, 0.2) is 5.96 Å². The number of hydrogen-bond acceptors (Lipinski definition) is 3. The lowest BCUT2D eigenvalue weighted by molar-refractivity contribution is 0.459. The summed E-state index contributed by atoms with van der Waals surface area (Å²) in [5, 5.41) is 6.61. The highest BCUT2D eigenvalue weighted by Gasteiger charge is 2.09. The standard InChI is InChI=1S/C15H28N4O.HI/c1-10(2)7-8-11(3)18-15(16-6)17-9-14-19-12(4)13(5)20-14;/h10-11H,7-9H2,1-6H3,(H2,16,17,18);1H. The molecule has 0 saturated carbocycles. The highest BCUT2D eigenvalue weighted by Crippen LogP contribution is 2.08. The Morgan fingerprint density at radius 3 is 2.38 bits per heavy atom. The summed E-state index contributed by atoms with van der Waals surface area (Å²) in [6.45, 7) is 11.1. The SMILES string of the molecule is CN=C(NCc1nc(C)c(C)o1)NC(C)CCC(C)C.I. The summed E-state index contributed by atoms with van der Waals surface area (Å²) in [7, 11) is 1.77. The van der Waals surface area contributed by atoms with E-state index in [1.165, 1.54) is 6.42 Å². The second-order valence-corrected chi connectivity index (χ2v) is 5.69. The Kier molecular flexibility index (Phi) is 9.65. The second-order valence-electron chi connectivity index (χ2n) is 5.69. The van der Waals surface area contributed by atoms with E-state index in [2.05, 4.69) is 41.4 Å². The molecule has 0 aliphatic rings. The molecule has 1 aromatic rings. The van der Waals surface area contributed by atoms with E-state index < -0.39 is 0 Å². The van der Waals surface area contributed by atoms with Crippen LogP contribution in [-0.4, -0.2) is 24.0 Å². The zero-order valence-corrected chi connectivity index (χ0v) is 16.3. The Hall–Kier alpha value is -0.790. The maximum absolute atomic E-state index is 5.54. The summed E-state index contributed by atoms with van der Waals surface area (Å²) in [5.74, 6) is 3.08. The van der Waals surface area contributed by atoms with Crippen molar-refractivity contribution in [1.29, 1.82) is 0 Å². The third-order valence-electron chi connectivity index (χ3n) is 3.26. The van der Waals surface area contributed by atoms with Gasteiger partial charge in [-0.25, -0.2) is 4.98 Å². The predicted octanol–water partition coefficient (Wildman–Crippen LogP) is 3.40. The molecule has 1 heterocycles. The van der Waals surface area contributed by atoms with Crippen molar-refractivity contribution in [1.82, 2.24) is 15.6 Å². The minimum atomic E-state index is 0. The van der Waals surface area contributed by atoms with Gasteiger partial charge in [-0.05, 0) is 39.5 Å². The number of guanidine groups is 1. The van der Waals surface area contributed by atoms with Crippen LogP contribution in [0, 0.1) is 19.8 Å². The molecule has 5 nitrogen and oxygen atoms in total. The van der Waals surface area contributed by atoms with Gasteiger partial charge >= 0.3 is 0 Å². The van der Waals surface area contributed by atoms with Crippen LogP contribution in [0.15, 0.2) is 9.41 Å². The number of aromatic nitrogens is 1. The van der Waals surface area contributed by atoms with E-state index in [-0.39, 0.29) is 24.0 Å². The largest absolute Gasteiger partial charge is 0.444 e. The van der Waals surface area contributed by atoms with Crippen LogP contribution < -0.4 is 10.6 Å². The molecule has 0 aliphatic carbocycles. The van der Waals surface area contributed by atoms with E-state index in [1.54, 1.807) is 7.05 Å². The predicted molar refractivity (Wildman–Crippen MR) is 98.3 cm³/mol. The minimum Gasteiger partial charge on any atom is -0.444 e. The molecule has 0 radical (unpaired) electrons. The van der Waals surface area contributed by atoms with Gasteiger partial charge in [0.05, 0.1) is 12.2 Å². The highest BCUT2D eigenvalue weighted by atomic mass is 127. The van der Waals surface area contributed by atoms with Gasteiger partial charge in [-0.1, -0.05) is 13.8 Å². The number of nitrogens with zero attached hydrogens (tertiary/aromatic N) is 2. The van der Waals surface area contributed by atoms with Crippen LogP contribution in [0.5, 0.6) is 0 Å². The molecule has 1 aromatic heterocycles. The molecule has 0 aliphatic heterocycles. The molecule has 122 valence electrons. The first-order valence-electron chi connectivity index (χ1n) is 7.32. The van der Waals surface area contributed by atoms with Crippen LogP contribution in [-0.2, 0) is 6.54 Å². The molecule has 1 atom stereocenters. The lowest BCUT2D eigenvalue weighted by Crippen LogP contribution is -2.42. The van der Waals surface area contributed by atoms with Gasteiger partial charge in [-0.3, -0.25) is 4.99 Å². The molecule has 21 heavy (non-hydrogen) atoms. The van der Waals surface area contributed by atoms with Crippen LogP contribution >= 0.6 is 24.0 Å². The molecule has 0 fully saturated rings. The number of nitrogens with one attached hydrogen (secondary N) is 2. The van der Waals surface area contributed by atoms with E-state index in [0.717, 1.165) is 29.8 Å². The average molecular weight is 408 g/mol. The van der Waals surface area contributed by atoms with E-state index in [0.29, 0.717) is 18.5 Å². The van der Waals surface area contributed by atoms with E-state index in [4.69, 9.17) is 4.42 Å². The van der Waals surface area contributed by atoms with Crippen LogP contribution in [0.3, 0.4) is 0 Å². The summed E-state index contributed by atoms with van der Waals surface area (Å²) in [5.41, 5.74) is 0.940. The molecule has 1 unspecified atom stereocenters. The van der Waals surface area contributed by atoms with E-state index >= 15 is 0 Å². The summed E-state index contributed by atoms with van der Waals surface area (Å²) >= 11 is 0. The maximum atomic E-state index is 5.54. The highest BCUT2D eigenvalue weighted by molar-refractivity contribution is 14.0. The summed E-state index contributed by atoms with van der Waals surface area (Å²) in [6.07, 6.45) is 2.35. The smallest absolute Gasteiger partial charge is 0.214 e. The van der Waals surface area contributed by atoms with Gasteiger partial charge in [0.2, 0.25) is 5.89 Å². The Morgan fingerprint density at radius 2 is 1.90 bits per heavy atom. The molecule has 0 saturated heterocycles. The van der Waals surface area contributed by atoms with Gasteiger partial charge in [0.1, 0.15) is 5.76 Å². The van der Waals surface area contributed by atoms with Crippen molar-refractivity contribution in [3.63, 3.8) is 0 Å². The summed E-state index contributed by atoms with van der Waals surface area (Å²) in [6, 6.07) is 0.400. The van der Waals surface area contributed by atoms with Crippen molar-refractivity contribution < 1.29 is 4.42 Å². The zero-order valence-electron chi connectivity index (χ0n) is 14.0. The lowest BCUT2D eigenvalue weighted by atomic mass is 10.0. The summed E-state index contributed by atoms with van der Waals surface area (Å²) in [4.78, 5) is 8.57. The zero-order chi connectivity index (χ0) is 15.1. The first-order valence-corrected chi connectivity index (χ1v) is 7.32. The molecule has 0 spiro atoms. The van der Waals surface area contributed by atoms with Crippen molar-refractivity contribution >= 4 is 29.9 Å². The van der Waals surface area contributed by atoms with E-state index in [9.17, 15) is 0 Å². The fourth-order valence-electron chi connectivity index (χ4n) is 1.86. The second kappa shape index (κ2) is 10.0. The molecule has 6 heteroatoms.